The molecule has 0 nitrogen and oxygen atoms in total. The summed E-state index contributed by atoms with van der Waals surface area (Å²) in [6, 6.07) is 52.0. The molecule has 0 aliphatic heterocycles. The van der Waals surface area contributed by atoms with Crippen LogP contribution in [-0.4, -0.2) is 0 Å². The molecule has 0 heterocycles. The van der Waals surface area contributed by atoms with Crippen molar-refractivity contribution in [1.82, 2.24) is 0 Å². The van der Waals surface area contributed by atoms with Crippen molar-refractivity contribution in [2.45, 2.75) is 0 Å². The topological polar surface area (TPSA) is 0 Å². The van der Waals surface area contributed by atoms with Gasteiger partial charge in [-0.05, 0) is 135 Å². The molecule has 0 bridgehead atoms. The van der Waals surface area contributed by atoms with Crippen LogP contribution in [0.25, 0.3) is 98.7 Å². The Labute approximate surface area is 313 Å². The lowest BCUT2D eigenvalue weighted by molar-refractivity contribution is 1.58. The van der Waals surface area contributed by atoms with E-state index >= 15 is 0 Å². The highest BCUT2D eigenvalue weighted by molar-refractivity contribution is 6.22. The quantitative estimate of drug-likeness (QED) is 0.161. The molecular formula is C52H34. The molecule has 0 saturated heterocycles. The SMILES string of the molecule is [2H]c1c([2H])c([2H])c2c(-c3cc(-c4ccccc4)cc(-c4ccccc4)c3)c3c([2H])c(-c4ccc5ccccc5c4)c([2H])c([2H])c3c(-c3ccc4ccccc4c3)c2c1[2H]. The van der Waals surface area contributed by atoms with Gasteiger partial charge in [-0.3, -0.25) is 0 Å². The zero-order valence-corrected chi connectivity index (χ0v) is 28.1. The molecular weight excluding hydrogens is 625 g/mol. The van der Waals surface area contributed by atoms with Gasteiger partial charge in [-0.1, -0.05) is 170 Å². The molecule has 0 spiro atoms. The van der Waals surface area contributed by atoms with Gasteiger partial charge in [0.25, 0.3) is 0 Å². The van der Waals surface area contributed by atoms with Crippen LogP contribution in [0.15, 0.2) is 206 Å². The second kappa shape index (κ2) is 12.5. The smallest absolute Gasteiger partial charge is 0.0622 e. The Kier molecular flexibility index (Phi) is 5.69. The first-order valence-electron chi connectivity index (χ1n) is 20.9. The van der Waals surface area contributed by atoms with Crippen LogP contribution in [0.3, 0.4) is 0 Å². The third-order valence-electron chi connectivity index (χ3n) is 10.0. The van der Waals surface area contributed by atoms with Gasteiger partial charge >= 0.3 is 0 Å². The molecule has 52 heavy (non-hydrogen) atoms. The summed E-state index contributed by atoms with van der Waals surface area (Å²) in [5.41, 5.74) is 6.64. The zero-order chi connectivity index (χ0) is 40.5. The Morgan fingerprint density at radius 3 is 1.33 bits per heavy atom. The maximum Gasteiger partial charge on any atom is 0.0636 e. The Balaban J connectivity index is 1.45. The second-order valence-electron chi connectivity index (χ2n) is 13.2. The summed E-state index contributed by atoms with van der Waals surface area (Å²) in [5.74, 6) is 0. The van der Waals surface area contributed by atoms with Crippen molar-refractivity contribution in [3.8, 4) is 55.6 Å². The molecule has 0 aromatic heterocycles. The number of hydrogen-bond donors (Lipinski definition) is 0. The summed E-state index contributed by atoms with van der Waals surface area (Å²) in [7, 11) is 0. The van der Waals surface area contributed by atoms with E-state index in [0.29, 0.717) is 38.6 Å². The van der Waals surface area contributed by atoms with Gasteiger partial charge in [-0.25, -0.2) is 0 Å². The fourth-order valence-electron chi connectivity index (χ4n) is 7.50. The molecule has 10 aromatic carbocycles. The fraction of sp³-hybridized carbons (Fsp3) is 0. The molecule has 242 valence electrons. The molecule has 0 radical (unpaired) electrons. The van der Waals surface area contributed by atoms with Gasteiger partial charge in [-0.15, -0.1) is 0 Å². The summed E-state index contributed by atoms with van der Waals surface area (Å²) < 4.78 is 67.0. The Bertz CT molecular complexity index is 3280. The van der Waals surface area contributed by atoms with E-state index in [1.807, 2.05) is 158 Å². The van der Waals surface area contributed by atoms with E-state index in [9.17, 15) is 6.85 Å². The lowest BCUT2D eigenvalue weighted by Crippen LogP contribution is -1.93. The largest absolute Gasteiger partial charge is 0.0636 e. The first-order valence-corrected chi connectivity index (χ1v) is 17.4. The van der Waals surface area contributed by atoms with Crippen molar-refractivity contribution in [2.75, 3.05) is 0 Å². The third-order valence-corrected chi connectivity index (χ3v) is 10.0. The summed E-state index contributed by atoms with van der Waals surface area (Å²) in [4.78, 5) is 0. The van der Waals surface area contributed by atoms with Gasteiger partial charge in [0.1, 0.15) is 0 Å². The molecule has 0 fully saturated rings. The van der Waals surface area contributed by atoms with E-state index in [1.165, 1.54) is 0 Å². The average molecular weight is 666 g/mol. The Morgan fingerprint density at radius 1 is 0.269 bits per heavy atom. The van der Waals surface area contributed by atoms with Crippen LogP contribution in [0.1, 0.15) is 9.60 Å². The van der Waals surface area contributed by atoms with Gasteiger partial charge in [0.2, 0.25) is 0 Å². The van der Waals surface area contributed by atoms with Crippen molar-refractivity contribution < 1.29 is 9.60 Å². The molecule has 0 N–H and O–H groups in total. The lowest BCUT2D eigenvalue weighted by Gasteiger charge is -2.20. The van der Waals surface area contributed by atoms with Crippen LogP contribution in [0.5, 0.6) is 0 Å². The van der Waals surface area contributed by atoms with Crippen molar-refractivity contribution in [3.63, 3.8) is 0 Å². The van der Waals surface area contributed by atoms with Crippen molar-refractivity contribution in [3.05, 3.63) is 206 Å². The number of rotatable bonds is 5. The summed E-state index contributed by atoms with van der Waals surface area (Å²) in [6.45, 7) is 0. The monoisotopic (exact) mass is 665 g/mol. The average Bonchev–Trinajstić information content (AvgIpc) is 3.28. The molecule has 0 aliphatic rings. The predicted octanol–water partition coefficient (Wildman–Crippen LogP) is 14.6. The summed E-state index contributed by atoms with van der Waals surface area (Å²) in [5, 5.41) is 4.98. The van der Waals surface area contributed by atoms with Crippen LogP contribution in [-0.2, 0) is 0 Å². The molecule has 0 saturated carbocycles. The molecule has 0 aliphatic carbocycles. The van der Waals surface area contributed by atoms with Crippen LogP contribution in [0, 0.1) is 0 Å². The normalized spacial score (nSPS) is 13.3. The summed E-state index contributed by atoms with van der Waals surface area (Å²) >= 11 is 0. The molecule has 0 amide bonds. The van der Waals surface area contributed by atoms with E-state index in [4.69, 9.17) is 2.74 Å². The van der Waals surface area contributed by atoms with E-state index in [2.05, 4.69) is 6.07 Å². The maximum absolute atomic E-state index is 10.2. The molecule has 0 atom stereocenters. The van der Waals surface area contributed by atoms with Gasteiger partial charge in [0.05, 0.1) is 9.60 Å². The van der Waals surface area contributed by atoms with Gasteiger partial charge < -0.3 is 0 Å². The predicted molar refractivity (Wildman–Crippen MR) is 224 cm³/mol. The number of benzene rings is 10. The first-order chi connectivity index (χ1) is 28.7. The van der Waals surface area contributed by atoms with E-state index in [1.54, 1.807) is 0 Å². The number of hydrogen-bond acceptors (Lipinski definition) is 0. The van der Waals surface area contributed by atoms with Crippen LogP contribution < -0.4 is 0 Å². The highest BCUT2D eigenvalue weighted by Crippen LogP contribution is 2.46. The molecule has 10 rings (SSSR count). The minimum absolute atomic E-state index is 0.00834. The zero-order valence-electron chi connectivity index (χ0n) is 35.1. The van der Waals surface area contributed by atoms with Crippen molar-refractivity contribution >= 4 is 43.1 Å². The fourth-order valence-corrected chi connectivity index (χ4v) is 7.50. The standard InChI is InChI=1S/C52H34/c1-3-13-35(14-4-1)44-31-45(36-15-5-2-6-16-36)33-46(32-44)52-48-22-12-11-21-47(48)51(43-26-24-38-18-8-10-20-40(38)30-43)49-28-27-42(34-50(49)52)41-25-23-37-17-7-9-19-39(37)29-41/h1-34H/i11D,12D,21D,22D,27D,28D,34D. The highest BCUT2D eigenvalue weighted by Gasteiger charge is 2.19. The summed E-state index contributed by atoms with van der Waals surface area (Å²) in [6.07, 6.45) is 0. The van der Waals surface area contributed by atoms with Crippen LogP contribution in [0.4, 0.5) is 0 Å². The van der Waals surface area contributed by atoms with Crippen molar-refractivity contribution in [2.24, 2.45) is 0 Å². The first kappa shape index (κ1) is 23.6. The van der Waals surface area contributed by atoms with Crippen LogP contribution in [0.2, 0.25) is 0 Å². The Hall–Kier alpha value is -6.76. The lowest BCUT2D eigenvalue weighted by atomic mass is 9.83. The maximum atomic E-state index is 10.2. The van der Waals surface area contributed by atoms with Crippen LogP contribution >= 0.6 is 0 Å². The second-order valence-corrected chi connectivity index (χ2v) is 13.2. The molecule has 0 unspecified atom stereocenters. The van der Waals surface area contributed by atoms with E-state index in [-0.39, 0.29) is 52.6 Å². The van der Waals surface area contributed by atoms with Gasteiger partial charge in [-0.2, -0.15) is 0 Å². The number of fused-ring (bicyclic) bond motifs is 4. The molecule has 10 aromatic rings. The molecule has 0 heteroatoms. The van der Waals surface area contributed by atoms with Gasteiger partial charge in [0, 0.05) is 0 Å². The van der Waals surface area contributed by atoms with Gasteiger partial charge in [0.15, 0.2) is 0 Å². The minimum Gasteiger partial charge on any atom is -0.0622 e. The minimum atomic E-state index is -0.394. The van der Waals surface area contributed by atoms with E-state index in [0.717, 1.165) is 43.8 Å². The third kappa shape index (κ3) is 5.25. The highest BCUT2D eigenvalue weighted by atomic mass is 14.2. The van der Waals surface area contributed by atoms with Crippen molar-refractivity contribution in [1.29, 1.82) is 0 Å². The van der Waals surface area contributed by atoms with E-state index < -0.39 is 6.04 Å². The Morgan fingerprint density at radius 2 is 0.731 bits per heavy atom.